The number of hydrogen-bond acceptors (Lipinski definition) is 4. The standard InChI is InChI=1S/C14H25N3O/c1-10-6-11(2)17(8-10)13-16-12(9-18-13)7-15-14(3,4)5/h9-11,15H,6-8H2,1-5H3. The fourth-order valence-corrected chi connectivity index (χ4v) is 2.43. The molecule has 1 aromatic rings. The van der Waals surface area contributed by atoms with Gasteiger partial charge in [0.2, 0.25) is 0 Å². The van der Waals surface area contributed by atoms with Crippen LogP contribution in [-0.4, -0.2) is 23.1 Å². The maximum absolute atomic E-state index is 5.61. The van der Waals surface area contributed by atoms with Crippen LogP contribution >= 0.6 is 0 Å². The Morgan fingerprint density at radius 3 is 2.72 bits per heavy atom. The second kappa shape index (κ2) is 4.92. The van der Waals surface area contributed by atoms with Crippen LogP contribution in [0.2, 0.25) is 0 Å². The maximum atomic E-state index is 5.61. The van der Waals surface area contributed by atoms with E-state index in [9.17, 15) is 0 Å². The highest BCUT2D eigenvalue weighted by Gasteiger charge is 2.29. The lowest BCUT2D eigenvalue weighted by Gasteiger charge is -2.19. The summed E-state index contributed by atoms with van der Waals surface area (Å²) in [6.45, 7) is 12.8. The van der Waals surface area contributed by atoms with Crippen molar-refractivity contribution in [3.05, 3.63) is 12.0 Å². The van der Waals surface area contributed by atoms with Gasteiger partial charge in [0.1, 0.15) is 6.26 Å². The third-order valence-electron chi connectivity index (χ3n) is 3.37. The van der Waals surface area contributed by atoms with Crippen LogP contribution in [-0.2, 0) is 6.54 Å². The van der Waals surface area contributed by atoms with Crippen LogP contribution in [0.1, 0.15) is 46.7 Å². The van der Waals surface area contributed by atoms with Gasteiger partial charge in [-0.15, -0.1) is 0 Å². The van der Waals surface area contributed by atoms with Crippen molar-refractivity contribution in [2.45, 2.75) is 59.2 Å². The average molecular weight is 251 g/mol. The minimum absolute atomic E-state index is 0.106. The van der Waals surface area contributed by atoms with E-state index in [2.05, 4.69) is 49.8 Å². The van der Waals surface area contributed by atoms with Crippen molar-refractivity contribution < 1.29 is 4.42 Å². The van der Waals surface area contributed by atoms with Crippen LogP contribution in [0.25, 0.3) is 0 Å². The summed E-state index contributed by atoms with van der Waals surface area (Å²) in [7, 11) is 0. The minimum Gasteiger partial charge on any atom is -0.432 e. The van der Waals surface area contributed by atoms with E-state index in [-0.39, 0.29) is 5.54 Å². The Bertz CT molecular complexity index is 394. The van der Waals surface area contributed by atoms with Crippen LogP contribution < -0.4 is 10.2 Å². The van der Waals surface area contributed by atoms with Crippen molar-refractivity contribution in [1.82, 2.24) is 10.3 Å². The highest BCUT2D eigenvalue weighted by Crippen LogP contribution is 2.27. The lowest BCUT2D eigenvalue weighted by atomic mass is 10.1. The van der Waals surface area contributed by atoms with Gasteiger partial charge >= 0.3 is 0 Å². The smallest absolute Gasteiger partial charge is 0.297 e. The molecule has 2 heterocycles. The first-order valence-corrected chi connectivity index (χ1v) is 6.81. The predicted molar refractivity (Wildman–Crippen MR) is 73.7 cm³/mol. The maximum Gasteiger partial charge on any atom is 0.297 e. The van der Waals surface area contributed by atoms with Crippen LogP contribution in [0.4, 0.5) is 6.01 Å². The molecule has 2 atom stereocenters. The largest absolute Gasteiger partial charge is 0.432 e. The number of hydrogen-bond donors (Lipinski definition) is 1. The van der Waals surface area contributed by atoms with Gasteiger partial charge in [-0.1, -0.05) is 6.92 Å². The summed E-state index contributed by atoms with van der Waals surface area (Å²) < 4.78 is 5.61. The van der Waals surface area contributed by atoms with Gasteiger partial charge in [0, 0.05) is 24.7 Å². The highest BCUT2D eigenvalue weighted by molar-refractivity contribution is 5.31. The van der Waals surface area contributed by atoms with Gasteiger partial charge in [-0.25, -0.2) is 0 Å². The molecule has 1 saturated heterocycles. The van der Waals surface area contributed by atoms with Crippen LogP contribution in [0, 0.1) is 5.92 Å². The summed E-state index contributed by atoms with van der Waals surface area (Å²) in [5.41, 5.74) is 1.08. The molecule has 0 spiro atoms. The molecule has 1 aliphatic rings. The average Bonchev–Trinajstić information content (AvgIpc) is 2.81. The Morgan fingerprint density at radius 1 is 1.44 bits per heavy atom. The first kappa shape index (κ1) is 13.4. The van der Waals surface area contributed by atoms with E-state index in [0.717, 1.165) is 30.7 Å². The topological polar surface area (TPSA) is 41.3 Å². The molecule has 4 nitrogen and oxygen atoms in total. The molecule has 1 fully saturated rings. The molecule has 4 heteroatoms. The lowest BCUT2D eigenvalue weighted by molar-refractivity contribution is 0.421. The molecule has 102 valence electrons. The summed E-state index contributed by atoms with van der Waals surface area (Å²) in [6.07, 6.45) is 2.99. The SMILES string of the molecule is CC1CC(C)N(c2nc(CNC(C)(C)C)co2)C1. The van der Waals surface area contributed by atoms with Gasteiger partial charge in [-0.05, 0) is 40.0 Å². The molecule has 1 N–H and O–H groups in total. The number of nitrogens with one attached hydrogen (secondary N) is 1. The predicted octanol–water partition coefficient (Wildman–Crippen LogP) is 2.80. The third-order valence-corrected chi connectivity index (χ3v) is 3.37. The van der Waals surface area contributed by atoms with Crippen LogP contribution in [0.3, 0.4) is 0 Å². The first-order chi connectivity index (χ1) is 8.35. The van der Waals surface area contributed by atoms with Crippen LogP contribution in [0.5, 0.6) is 0 Å². The zero-order valence-electron chi connectivity index (χ0n) is 12.2. The van der Waals surface area contributed by atoms with Crippen molar-refractivity contribution in [2.75, 3.05) is 11.4 Å². The molecule has 18 heavy (non-hydrogen) atoms. The molecule has 0 aromatic carbocycles. The summed E-state index contributed by atoms with van der Waals surface area (Å²) in [5, 5.41) is 3.42. The number of anilines is 1. The zero-order chi connectivity index (χ0) is 13.3. The van der Waals surface area contributed by atoms with Crippen molar-refractivity contribution in [3.63, 3.8) is 0 Å². The van der Waals surface area contributed by atoms with E-state index < -0.39 is 0 Å². The van der Waals surface area contributed by atoms with Gasteiger partial charge in [0.15, 0.2) is 0 Å². The Labute approximate surface area is 110 Å². The fourth-order valence-electron chi connectivity index (χ4n) is 2.43. The number of nitrogens with zero attached hydrogens (tertiary/aromatic N) is 2. The second-order valence-electron chi connectivity index (χ2n) is 6.57. The summed E-state index contributed by atoms with van der Waals surface area (Å²) in [6, 6.07) is 1.31. The van der Waals surface area contributed by atoms with Crippen LogP contribution in [0.15, 0.2) is 10.7 Å². The van der Waals surface area contributed by atoms with E-state index in [1.54, 1.807) is 6.26 Å². The molecule has 1 aromatic heterocycles. The zero-order valence-corrected chi connectivity index (χ0v) is 12.2. The van der Waals surface area contributed by atoms with Crippen molar-refractivity contribution in [3.8, 4) is 0 Å². The Kier molecular flexibility index (Phi) is 3.66. The Balaban J connectivity index is 1.98. The molecule has 0 aliphatic carbocycles. The lowest BCUT2D eigenvalue weighted by Crippen LogP contribution is -2.35. The second-order valence-corrected chi connectivity index (χ2v) is 6.57. The Morgan fingerprint density at radius 2 is 2.17 bits per heavy atom. The molecule has 1 aliphatic heterocycles. The Hall–Kier alpha value is -1.03. The van der Waals surface area contributed by atoms with Crippen molar-refractivity contribution in [2.24, 2.45) is 5.92 Å². The molecule has 0 bridgehead atoms. The highest BCUT2D eigenvalue weighted by atomic mass is 16.4. The first-order valence-electron chi connectivity index (χ1n) is 6.81. The molecular weight excluding hydrogens is 226 g/mol. The number of rotatable bonds is 3. The summed E-state index contributed by atoms with van der Waals surface area (Å²) in [4.78, 5) is 6.85. The molecular formula is C14H25N3O. The van der Waals surface area contributed by atoms with Crippen molar-refractivity contribution >= 4 is 6.01 Å². The molecule has 2 unspecified atom stereocenters. The van der Waals surface area contributed by atoms with E-state index in [0.29, 0.717) is 6.04 Å². The van der Waals surface area contributed by atoms with E-state index in [1.165, 1.54) is 6.42 Å². The minimum atomic E-state index is 0.106. The van der Waals surface area contributed by atoms with E-state index in [4.69, 9.17) is 4.42 Å². The van der Waals surface area contributed by atoms with Gasteiger partial charge in [-0.3, -0.25) is 0 Å². The number of oxazole rings is 1. The van der Waals surface area contributed by atoms with Gasteiger partial charge in [-0.2, -0.15) is 4.98 Å². The fraction of sp³-hybridized carbons (Fsp3) is 0.786. The summed E-state index contributed by atoms with van der Waals surface area (Å²) in [5.74, 6) is 0.725. The quantitative estimate of drug-likeness (QED) is 0.897. The molecule has 0 saturated carbocycles. The molecule has 2 rings (SSSR count). The van der Waals surface area contributed by atoms with Gasteiger partial charge in [0.05, 0.1) is 5.69 Å². The van der Waals surface area contributed by atoms with E-state index >= 15 is 0 Å². The molecule has 0 radical (unpaired) electrons. The molecule has 0 amide bonds. The van der Waals surface area contributed by atoms with E-state index in [1.807, 2.05) is 0 Å². The monoisotopic (exact) mass is 251 g/mol. The normalized spacial score (nSPS) is 24.8. The third kappa shape index (κ3) is 3.25. The van der Waals surface area contributed by atoms with Gasteiger partial charge < -0.3 is 14.6 Å². The number of aromatic nitrogens is 1. The van der Waals surface area contributed by atoms with Crippen molar-refractivity contribution in [1.29, 1.82) is 0 Å². The summed E-state index contributed by atoms with van der Waals surface area (Å²) >= 11 is 0. The van der Waals surface area contributed by atoms with Gasteiger partial charge in [0.25, 0.3) is 6.01 Å².